The molecule has 0 spiro atoms. The van der Waals surface area contributed by atoms with E-state index < -0.39 is 0 Å². The van der Waals surface area contributed by atoms with Gasteiger partial charge in [0, 0.05) is 11.1 Å². The molecule has 0 aromatic heterocycles. The minimum Gasteiger partial charge on any atom is -0.289 e. The number of rotatable bonds is 2. The van der Waals surface area contributed by atoms with Crippen LogP contribution in [0.4, 0.5) is 0 Å². The Morgan fingerprint density at radius 3 is 1.59 bits per heavy atom. The predicted octanol–water partition coefficient (Wildman–Crippen LogP) is 11.9. The summed E-state index contributed by atoms with van der Waals surface area (Å²) in [5, 5.41) is 11.5. The van der Waals surface area contributed by atoms with Crippen molar-refractivity contribution in [2.45, 2.75) is 66.2 Å². The second kappa shape index (κ2) is 9.76. The van der Waals surface area contributed by atoms with Crippen LogP contribution in [0.15, 0.2) is 97.1 Å². The van der Waals surface area contributed by atoms with Gasteiger partial charge in [-0.05, 0) is 113 Å². The summed E-state index contributed by atoms with van der Waals surface area (Å²) in [6.07, 6.45) is 0. The number of ketones is 1. The van der Waals surface area contributed by atoms with Crippen molar-refractivity contribution in [1.29, 1.82) is 0 Å². The number of carbonyl (C=O) groups is 1. The van der Waals surface area contributed by atoms with Crippen molar-refractivity contribution >= 4 is 59.6 Å². The van der Waals surface area contributed by atoms with Gasteiger partial charge in [0.05, 0.1) is 0 Å². The van der Waals surface area contributed by atoms with E-state index in [9.17, 15) is 0 Å². The number of benzene rings is 6. The summed E-state index contributed by atoms with van der Waals surface area (Å²) in [5.74, 6) is 0.0645. The lowest BCUT2D eigenvalue weighted by Gasteiger charge is -2.22. The van der Waals surface area contributed by atoms with E-state index in [1.54, 1.807) is 0 Å². The number of hydrogen-bond donors (Lipinski definition) is 0. The molecular formula is C43H40O. The summed E-state index contributed by atoms with van der Waals surface area (Å²) in [4.78, 5) is 15.1. The van der Waals surface area contributed by atoms with E-state index in [1.165, 1.54) is 43.6 Å². The van der Waals surface area contributed by atoms with Gasteiger partial charge in [-0.2, -0.15) is 0 Å². The summed E-state index contributed by atoms with van der Waals surface area (Å²) in [6.45, 7) is 17.8. The third kappa shape index (κ3) is 4.49. The molecule has 1 heteroatoms. The van der Waals surface area contributed by atoms with Gasteiger partial charge in [-0.15, -0.1) is 0 Å². The molecule has 0 unspecified atom stereocenters. The Morgan fingerprint density at radius 2 is 0.955 bits per heavy atom. The second-order valence-electron chi connectivity index (χ2n) is 14.7. The molecule has 0 aliphatic heterocycles. The van der Waals surface area contributed by atoms with Gasteiger partial charge >= 0.3 is 0 Å². The molecule has 1 nitrogen and oxygen atoms in total. The molecule has 7 aromatic carbocycles. The fraction of sp³-hybridized carbons (Fsp3) is 0.233. The SMILES string of the molecule is Cc1c2ccc3cc(C(C)(C)C)cc(c(C(=O)c4ccc5ccc6cccc7ccc4c5c67)cc1cc(C(C)(C)C)c2)c3C. The molecule has 0 aliphatic rings. The van der Waals surface area contributed by atoms with E-state index in [1.807, 2.05) is 6.07 Å². The summed E-state index contributed by atoms with van der Waals surface area (Å²) in [5.41, 5.74) is 6.21. The monoisotopic (exact) mass is 572 g/mol. The van der Waals surface area contributed by atoms with Gasteiger partial charge in [-0.1, -0.05) is 126 Å². The van der Waals surface area contributed by atoms with Crippen molar-refractivity contribution < 1.29 is 4.79 Å². The van der Waals surface area contributed by atoms with E-state index in [4.69, 9.17) is 0 Å². The zero-order valence-electron chi connectivity index (χ0n) is 27.1. The average Bonchev–Trinajstić information content (AvgIpc) is 2.97. The Bertz CT molecular complexity index is 2300. The topological polar surface area (TPSA) is 17.1 Å². The van der Waals surface area contributed by atoms with Gasteiger partial charge in [0.2, 0.25) is 0 Å². The van der Waals surface area contributed by atoms with Crippen molar-refractivity contribution in [3.63, 3.8) is 0 Å². The highest BCUT2D eigenvalue weighted by Crippen LogP contribution is 2.38. The van der Waals surface area contributed by atoms with Gasteiger partial charge in [-0.25, -0.2) is 0 Å². The van der Waals surface area contributed by atoms with Crippen LogP contribution in [0, 0.1) is 13.8 Å². The van der Waals surface area contributed by atoms with E-state index >= 15 is 4.79 Å². The highest BCUT2D eigenvalue weighted by atomic mass is 16.1. The van der Waals surface area contributed by atoms with Crippen molar-refractivity contribution in [3.8, 4) is 0 Å². The standard InChI is InChI=1S/C43H40O/c1-25-30-14-15-31-21-34(43(6,7)8)24-37(26(31)2)38(23-32(25)22-33(20-30)42(3,4)5)41(44)36-19-17-29-13-12-27-10-9-11-28-16-18-35(36)40(29)39(27)28/h9-24H,1-8H3. The Balaban J connectivity index is 1.63. The van der Waals surface area contributed by atoms with Gasteiger partial charge in [0.1, 0.15) is 0 Å². The van der Waals surface area contributed by atoms with Crippen LogP contribution >= 0.6 is 0 Å². The lowest BCUT2D eigenvalue weighted by molar-refractivity contribution is 0.104. The Hall–Kier alpha value is -4.49. The Morgan fingerprint density at radius 1 is 0.455 bits per heavy atom. The Labute approximate surface area is 260 Å². The average molecular weight is 573 g/mol. The molecule has 4 bridgehead atoms. The minimum atomic E-state index is -0.0695. The van der Waals surface area contributed by atoms with Crippen LogP contribution in [0.1, 0.15) is 79.7 Å². The lowest BCUT2D eigenvalue weighted by atomic mass is 9.82. The molecule has 7 aromatic rings. The molecule has 0 saturated carbocycles. The minimum absolute atomic E-state index is 0.0249. The molecule has 0 aliphatic carbocycles. The summed E-state index contributed by atoms with van der Waals surface area (Å²) >= 11 is 0. The first kappa shape index (κ1) is 28.3. The third-order valence-corrected chi connectivity index (χ3v) is 9.72. The first-order chi connectivity index (χ1) is 20.8. The zero-order chi connectivity index (χ0) is 31.1. The van der Waals surface area contributed by atoms with Crippen molar-refractivity contribution in [1.82, 2.24) is 0 Å². The fourth-order valence-corrected chi connectivity index (χ4v) is 6.82. The largest absolute Gasteiger partial charge is 0.289 e. The van der Waals surface area contributed by atoms with Gasteiger partial charge in [-0.3, -0.25) is 4.79 Å². The normalized spacial score (nSPS) is 12.6. The first-order valence-corrected chi connectivity index (χ1v) is 15.7. The maximum absolute atomic E-state index is 15.1. The van der Waals surface area contributed by atoms with Crippen LogP contribution in [0.3, 0.4) is 0 Å². The number of fused-ring (bicyclic) bond motifs is 4. The maximum atomic E-state index is 15.1. The number of hydrogen-bond acceptors (Lipinski definition) is 1. The van der Waals surface area contributed by atoms with Crippen LogP contribution in [0.5, 0.6) is 0 Å². The molecule has 0 atom stereocenters. The molecule has 0 N–H and O–H groups in total. The van der Waals surface area contributed by atoms with Crippen LogP contribution in [-0.2, 0) is 10.8 Å². The van der Waals surface area contributed by atoms with E-state index in [2.05, 4.69) is 146 Å². The van der Waals surface area contributed by atoms with E-state index in [0.717, 1.165) is 43.6 Å². The quantitative estimate of drug-likeness (QED) is 0.149. The van der Waals surface area contributed by atoms with E-state index in [0.29, 0.717) is 0 Å². The molecule has 0 fully saturated rings. The summed E-state index contributed by atoms with van der Waals surface area (Å²) in [7, 11) is 0. The molecule has 0 radical (unpaired) electrons. The van der Waals surface area contributed by atoms with Crippen LogP contribution in [0.25, 0.3) is 53.9 Å². The highest BCUT2D eigenvalue weighted by molar-refractivity contribution is 6.29. The Kier molecular flexibility index (Phi) is 6.28. The van der Waals surface area contributed by atoms with Crippen molar-refractivity contribution in [2.24, 2.45) is 0 Å². The second-order valence-corrected chi connectivity index (χ2v) is 14.7. The first-order valence-electron chi connectivity index (χ1n) is 15.7. The fourth-order valence-electron chi connectivity index (χ4n) is 6.82. The molecule has 7 rings (SSSR count). The predicted molar refractivity (Wildman–Crippen MR) is 191 cm³/mol. The molecule has 218 valence electrons. The van der Waals surface area contributed by atoms with Crippen LogP contribution < -0.4 is 0 Å². The van der Waals surface area contributed by atoms with Gasteiger partial charge in [0.15, 0.2) is 5.78 Å². The van der Waals surface area contributed by atoms with Crippen LogP contribution in [0.2, 0.25) is 0 Å². The summed E-state index contributed by atoms with van der Waals surface area (Å²) in [6, 6.07) is 35.1. The van der Waals surface area contributed by atoms with Gasteiger partial charge in [0.25, 0.3) is 0 Å². The molecule has 0 heterocycles. The highest BCUT2D eigenvalue weighted by Gasteiger charge is 2.22. The van der Waals surface area contributed by atoms with Crippen LogP contribution in [-0.4, -0.2) is 5.78 Å². The van der Waals surface area contributed by atoms with Gasteiger partial charge < -0.3 is 0 Å². The molecular weight excluding hydrogens is 532 g/mol. The third-order valence-electron chi connectivity index (χ3n) is 9.72. The number of carbonyl (C=O) groups excluding carboxylic acids is 1. The zero-order valence-corrected chi connectivity index (χ0v) is 27.1. The molecule has 44 heavy (non-hydrogen) atoms. The van der Waals surface area contributed by atoms with Crippen molar-refractivity contribution in [3.05, 3.63) is 130 Å². The smallest absolute Gasteiger partial charge is 0.194 e. The maximum Gasteiger partial charge on any atom is 0.194 e. The molecule has 0 amide bonds. The summed E-state index contributed by atoms with van der Waals surface area (Å²) < 4.78 is 0. The lowest BCUT2D eigenvalue weighted by Crippen LogP contribution is -2.12. The van der Waals surface area contributed by atoms with E-state index in [-0.39, 0.29) is 16.6 Å². The molecule has 0 saturated heterocycles. The van der Waals surface area contributed by atoms with Crippen molar-refractivity contribution in [2.75, 3.05) is 0 Å². The number of aryl methyl sites for hydroxylation is 2.